The molecule has 2 heterocycles. The summed E-state index contributed by atoms with van der Waals surface area (Å²) in [6.45, 7) is 1.24. The van der Waals surface area contributed by atoms with E-state index in [1.807, 2.05) is 0 Å². The third-order valence-corrected chi connectivity index (χ3v) is 2.91. The van der Waals surface area contributed by atoms with E-state index in [-0.39, 0.29) is 0 Å². The van der Waals surface area contributed by atoms with Crippen molar-refractivity contribution in [3.05, 3.63) is 30.1 Å². The van der Waals surface area contributed by atoms with Gasteiger partial charge in [0.05, 0.1) is 0 Å². The van der Waals surface area contributed by atoms with Crippen LogP contribution in [0.5, 0.6) is 0 Å². The first-order valence-corrected chi connectivity index (χ1v) is 4.93. The molecule has 1 aliphatic heterocycles. The molecule has 0 spiro atoms. The van der Waals surface area contributed by atoms with E-state index in [2.05, 4.69) is 48.1 Å². The smallest absolute Gasteiger partial charge is 0.168 e. The molecule has 0 saturated carbocycles. The molecule has 0 N–H and O–H groups in total. The molecule has 2 nitrogen and oxygen atoms in total. The summed E-state index contributed by atoms with van der Waals surface area (Å²) < 4.78 is 2.08. The van der Waals surface area contributed by atoms with E-state index in [1.165, 1.54) is 24.9 Å². The number of hydrogen-bond acceptors (Lipinski definition) is 1. The number of nitrogens with zero attached hydrogens (tertiary/aromatic N) is 2. The molecule has 1 saturated heterocycles. The molecule has 1 aromatic heterocycles. The van der Waals surface area contributed by atoms with E-state index >= 15 is 0 Å². The molecule has 0 amide bonds. The van der Waals surface area contributed by atoms with Crippen molar-refractivity contribution in [2.75, 3.05) is 13.6 Å². The van der Waals surface area contributed by atoms with Gasteiger partial charge in [-0.1, -0.05) is 0 Å². The maximum atomic E-state index is 2.44. The zero-order chi connectivity index (χ0) is 9.26. The van der Waals surface area contributed by atoms with E-state index in [4.69, 9.17) is 0 Å². The van der Waals surface area contributed by atoms with E-state index in [9.17, 15) is 0 Å². The van der Waals surface area contributed by atoms with Crippen molar-refractivity contribution in [2.24, 2.45) is 7.05 Å². The first-order valence-electron chi connectivity index (χ1n) is 4.93. The highest BCUT2D eigenvalue weighted by atomic mass is 15.1. The molecular weight excluding hydrogens is 160 g/mol. The molecule has 0 aliphatic carbocycles. The second-order valence-corrected chi connectivity index (χ2v) is 3.94. The van der Waals surface area contributed by atoms with Gasteiger partial charge in [0.2, 0.25) is 0 Å². The number of pyridine rings is 1. The van der Waals surface area contributed by atoms with Crippen molar-refractivity contribution >= 4 is 0 Å². The number of aromatic nitrogens is 1. The second kappa shape index (κ2) is 3.46. The Morgan fingerprint density at radius 3 is 2.62 bits per heavy atom. The average molecular weight is 177 g/mol. The van der Waals surface area contributed by atoms with Crippen LogP contribution in [0.25, 0.3) is 0 Å². The van der Waals surface area contributed by atoms with Gasteiger partial charge in [0, 0.05) is 18.2 Å². The molecule has 1 aromatic rings. The number of hydrogen-bond donors (Lipinski definition) is 0. The molecule has 2 rings (SSSR count). The lowest BCUT2D eigenvalue weighted by molar-refractivity contribution is -0.671. The van der Waals surface area contributed by atoms with Crippen molar-refractivity contribution in [1.82, 2.24) is 4.90 Å². The molecule has 1 atom stereocenters. The number of rotatable bonds is 1. The van der Waals surface area contributed by atoms with Crippen LogP contribution in [0.2, 0.25) is 0 Å². The Morgan fingerprint density at radius 2 is 2.08 bits per heavy atom. The maximum Gasteiger partial charge on any atom is 0.168 e. The summed E-state index contributed by atoms with van der Waals surface area (Å²) in [7, 11) is 4.27. The van der Waals surface area contributed by atoms with Gasteiger partial charge in [-0.15, -0.1) is 0 Å². The molecule has 1 aliphatic rings. The minimum atomic E-state index is 0.654. The minimum absolute atomic E-state index is 0.654. The predicted octanol–water partition coefficient (Wildman–Crippen LogP) is 1.28. The highest BCUT2D eigenvalue weighted by Crippen LogP contribution is 2.29. The SMILES string of the molecule is CN1CCCC1c1cc[n+](C)cc1. The molecule has 2 heteroatoms. The van der Waals surface area contributed by atoms with Gasteiger partial charge in [-0.3, -0.25) is 4.90 Å². The lowest BCUT2D eigenvalue weighted by atomic mass is 10.1. The Morgan fingerprint density at radius 1 is 1.38 bits per heavy atom. The molecule has 13 heavy (non-hydrogen) atoms. The Labute approximate surface area is 79.8 Å². The van der Waals surface area contributed by atoms with Gasteiger partial charge in [-0.2, -0.15) is 0 Å². The van der Waals surface area contributed by atoms with Gasteiger partial charge in [0.25, 0.3) is 0 Å². The van der Waals surface area contributed by atoms with Crippen LogP contribution in [0.4, 0.5) is 0 Å². The van der Waals surface area contributed by atoms with Crippen LogP contribution in [0.3, 0.4) is 0 Å². The summed E-state index contributed by atoms with van der Waals surface area (Å²) in [5.74, 6) is 0. The van der Waals surface area contributed by atoms with E-state index in [1.54, 1.807) is 0 Å². The molecular formula is C11H17N2+. The van der Waals surface area contributed by atoms with Crippen LogP contribution in [0, 0.1) is 0 Å². The zero-order valence-corrected chi connectivity index (χ0v) is 8.40. The Bertz CT molecular complexity index is 279. The fourth-order valence-corrected chi connectivity index (χ4v) is 2.07. The monoisotopic (exact) mass is 177 g/mol. The highest BCUT2D eigenvalue weighted by Gasteiger charge is 2.22. The molecule has 0 bridgehead atoms. The lowest BCUT2D eigenvalue weighted by Crippen LogP contribution is -2.27. The Kier molecular flexibility index (Phi) is 2.32. The van der Waals surface area contributed by atoms with Crippen LogP contribution in [0.1, 0.15) is 24.4 Å². The van der Waals surface area contributed by atoms with Crippen LogP contribution in [-0.4, -0.2) is 18.5 Å². The van der Waals surface area contributed by atoms with E-state index in [0.29, 0.717) is 6.04 Å². The van der Waals surface area contributed by atoms with E-state index in [0.717, 1.165) is 0 Å². The molecule has 1 fully saturated rings. The predicted molar refractivity (Wildman–Crippen MR) is 52.2 cm³/mol. The third kappa shape index (κ3) is 1.73. The van der Waals surface area contributed by atoms with Crippen molar-refractivity contribution < 1.29 is 4.57 Å². The number of aryl methyl sites for hydroxylation is 1. The largest absolute Gasteiger partial charge is 0.299 e. The van der Waals surface area contributed by atoms with Crippen LogP contribution in [-0.2, 0) is 7.05 Å². The molecule has 1 unspecified atom stereocenters. The van der Waals surface area contributed by atoms with Crippen molar-refractivity contribution in [3.8, 4) is 0 Å². The Balaban J connectivity index is 2.20. The lowest BCUT2D eigenvalue weighted by Gasteiger charge is -2.18. The summed E-state index contributed by atoms with van der Waals surface area (Å²) in [5.41, 5.74) is 1.46. The quantitative estimate of drug-likeness (QED) is 0.586. The fourth-order valence-electron chi connectivity index (χ4n) is 2.07. The highest BCUT2D eigenvalue weighted by molar-refractivity contribution is 5.14. The summed E-state index contributed by atoms with van der Waals surface area (Å²) >= 11 is 0. The summed E-state index contributed by atoms with van der Waals surface area (Å²) in [6, 6.07) is 5.11. The van der Waals surface area contributed by atoms with E-state index < -0.39 is 0 Å². The van der Waals surface area contributed by atoms with Crippen LogP contribution >= 0.6 is 0 Å². The van der Waals surface area contributed by atoms with Gasteiger partial charge in [0.1, 0.15) is 7.05 Å². The van der Waals surface area contributed by atoms with Crippen molar-refractivity contribution in [2.45, 2.75) is 18.9 Å². The average Bonchev–Trinajstić information content (AvgIpc) is 2.53. The normalized spacial score (nSPS) is 23.7. The first kappa shape index (κ1) is 8.70. The first-order chi connectivity index (χ1) is 6.27. The molecule has 70 valence electrons. The Hall–Kier alpha value is -0.890. The number of likely N-dealkylation sites (tertiary alicyclic amines) is 1. The summed E-state index contributed by atoms with van der Waals surface area (Å²) in [5, 5.41) is 0. The van der Waals surface area contributed by atoms with Gasteiger partial charge in [-0.25, -0.2) is 4.57 Å². The standard InChI is InChI=1S/C11H17N2/c1-12-8-5-10(6-9-12)11-4-3-7-13(11)2/h5-6,8-9,11H,3-4,7H2,1-2H3/q+1. The third-order valence-electron chi connectivity index (χ3n) is 2.91. The van der Waals surface area contributed by atoms with Crippen LogP contribution in [0.15, 0.2) is 24.5 Å². The van der Waals surface area contributed by atoms with Crippen molar-refractivity contribution in [1.29, 1.82) is 0 Å². The van der Waals surface area contributed by atoms with Gasteiger partial charge >= 0.3 is 0 Å². The minimum Gasteiger partial charge on any atom is -0.299 e. The van der Waals surface area contributed by atoms with Gasteiger partial charge in [-0.05, 0) is 32.0 Å². The molecule has 0 aromatic carbocycles. The molecule has 0 radical (unpaired) electrons. The van der Waals surface area contributed by atoms with Gasteiger partial charge < -0.3 is 0 Å². The van der Waals surface area contributed by atoms with Crippen LogP contribution < -0.4 is 4.57 Å². The maximum absolute atomic E-state index is 2.44. The second-order valence-electron chi connectivity index (χ2n) is 3.94. The summed E-state index contributed by atoms with van der Waals surface area (Å²) in [4.78, 5) is 2.44. The summed E-state index contributed by atoms with van der Waals surface area (Å²) in [6.07, 6.45) is 6.90. The zero-order valence-electron chi connectivity index (χ0n) is 8.40. The van der Waals surface area contributed by atoms with Gasteiger partial charge in [0.15, 0.2) is 12.4 Å². The fraction of sp³-hybridized carbons (Fsp3) is 0.545. The topological polar surface area (TPSA) is 7.12 Å². The van der Waals surface area contributed by atoms with Crippen molar-refractivity contribution in [3.63, 3.8) is 0 Å².